The molecule has 3 N–H and O–H groups in total. The number of benzene rings is 1. The van der Waals surface area contributed by atoms with Crippen molar-refractivity contribution in [3.63, 3.8) is 0 Å². The van der Waals surface area contributed by atoms with Crippen LogP contribution in [0.3, 0.4) is 0 Å². The summed E-state index contributed by atoms with van der Waals surface area (Å²) in [6.45, 7) is 0. The quantitative estimate of drug-likeness (QED) is 0.456. The summed E-state index contributed by atoms with van der Waals surface area (Å²) in [6, 6.07) is 5.10. The number of carbonyl (C=O) groups excluding carboxylic acids is 1. The predicted molar refractivity (Wildman–Crippen MR) is 68.5 cm³/mol. The first-order valence-electron chi connectivity index (χ1n) is 5.10. The number of H-pyrrole nitrogens is 1. The number of para-hydroxylation sites is 1. The maximum absolute atomic E-state index is 11.8. The summed E-state index contributed by atoms with van der Waals surface area (Å²) >= 11 is 5.65. The first-order chi connectivity index (χ1) is 8.99. The number of aromatic amines is 1. The average Bonchev–Trinajstić information content (AvgIpc) is 2.78. The van der Waals surface area contributed by atoms with Crippen LogP contribution in [-0.4, -0.2) is 20.9 Å². The van der Waals surface area contributed by atoms with Crippen LogP contribution < -0.4 is 5.32 Å². The summed E-state index contributed by atoms with van der Waals surface area (Å²) in [7, 11) is 0. The third-order valence-electron chi connectivity index (χ3n) is 2.35. The highest BCUT2D eigenvalue weighted by molar-refractivity contribution is 6.31. The smallest absolute Gasteiger partial charge is 0.296 e. The molecule has 2 rings (SSSR count). The average molecular weight is 282 g/mol. The molecule has 0 atom stereocenters. The van der Waals surface area contributed by atoms with Crippen LogP contribution in [0.5, 0.6) is 5.75 Å². The second-order valence-electron chi connectivity index (χ2n) is 3.61. The molecule has 1 heterocycles. The van der Waals surface area contributed by atoms with Gasteiger partial charge in [0.1, 0.15) is 11.4 Å². The third-order valence-corrected chi connectivity index (χ3v) is 2.57. The van der Waals surface area contributed by atoms with Crippen molar-refractivity contribution in [2.45, 2.75) is 0 Å². The minimum atomic E-state index is -0.697. The molecule has 0 fully saturated rings. The predicted octanol–water partition coefficient (Wildman–Crippen LogP) is 2.53. The second-order valence-corrected chi connectivity index (χ2v) is 4.05. The lowest BCUT2D eigenvalue weighted by atomic mass is 10.2. The lowest BCUT2D eigenvalue weighted by molar-refractivity contribution is -0.384. The van der Waals surface area contributed by atoms with E-state index in [1.807, 2.05) is 0 Å². The van der Waals surface area contributed by atoms with E-state index in [0.29, 0.717) is 5.02 Å². The summed E-state index contributed by atoms with van der Waals surface area (Å²) in [6.07, 6.45) is 1.40. The Balaban J connectivity index is 2.33. The molecule has 0 aliphatic heterocycles. The lowest BCUT2D eigenvalue weighted by Crippen LogP contribution is -2.13. The van der Waals surface area contributed by atoms with E-state index >= 15 is 0 Å². The van der Waals surface area contributed by atoms with Crippen LogP contribution in [0.25, 0.3) is 0 Å². The Kier molecular flexibility index (Phi) is 3.39. The van der Waals surface area contributed by atoms with Crippen molar-refractivity contribution in [1.29, 1.82) is 0 Å². The molecule has 0 saturated heterocycles. The van der Waals surface area contributed by atoms with Gasteiger partial charge in [-0.05, 0) is 12.1 Å². The minimum Gasteiger partial charge on any atom is -0.505 e. The zero-order chi connectivity index (χ0) is 14.0. The van der Waals surface area contributed by atoms with E-state index in [2.05, 4.69) is 10.3 Å². The van der Waals surface area contributed by atoms with Crippen LogP contribution in [-0.2, 0) is 0 Å². The lowest BCUT2D eigenvalue weighted by Gasteiger charge is -2.06. The van der Waals surface area contributed by atoms with Gasteiger partial charge in [-0.25, -0.2) is 0 Å². The van der Waals surface area contributed by atoms with Crippen LogP contribution in [0.4, 0.5) is 11.4 Å². The Bertz CT molecular complexity index is 653. The van der Waals surface area contributed by atoms with Crippen molar-refractivity contribution < 1.29 is 14.8 Å². The normalized spacial score (nSPS) is 10.2. The van der Waals surface area contributed by atoms with Gasteiger partial charge < -0.3 is 15.4 Å². The van der Waals surface area contributed by atoms with Crippen molar-refractivity contribution >= 4 is 28.9 Å². The summed E-state index contributed by atoms with van der Waals surface area (Å²) in [4.78, 5) is 24.5. The zero-order valence-electron chi connectivity index (χ0n) is 9.38. The van der Waals surface area contributed by atoms with Crippen LogP contribution in [0, 0.1) is 10.1 Å². The Labute approximate surface area is 112 Å². The number of phenols is 1. The largest absolute Gasteiger partial charge is 0.505 e. The molecule has 0 bridgehead atoms. The fraction of sp³-hybridized carbons (Fsp3) is 0. The first-order valence-corrected chi connectivity index (χ1v) is 5.48. The van der Waals surface area contributed by atoms with Gasteiger partial charge in [-0.2, -0.15) is 0 Å². The van der Waals surface area contributed by atoms with Crippen LogP contribution >= 0.6 is 11.6 Å². The van der Waals surface area contributed by atoms with Gasteiger partial charge in [-0.1, -0.05) is 17.7 Å². The summed E-state index contributed by atoms with van der Waals surface area (Å²) in [5, 5.41) is 23.0. The van der Waals surface area contributed by atoms with Crippen LogP contribution in [0.1, 0.15) is 10.5 Å². The molecule has 19 heavy (non-hydrogen) atoms. The van der Waals surface area contributed by atoms with Gasteiger partial charge >= 0.3 is 0 Å². The van der Waals surface area contributed by atoms with E-state index < -0.39 is 16.5 Å². The number of anilines is 1. The number of phenolic OH excluding ortho intramolecular Hbond substituents is 1. The molecule has 0 saturated carbocycles. The van der Waals surface area contributed by atoms with Gasteiger partial charge in [0.2, 0.25) is 0 Å². The molecular formula is C11H8ClN3O4. The van der Waals surface area contributed by atoms with E-state index in [-0.39, 0.29) is 17.1 Å². The van der Waals surface area contributed by atoms with Gasteiger partial charge in [-0.3, -0.25) is 14.9 Å². The highest BCUT2D eigenvalue weighted by atomic mass is 35.5. The highest BCUT2D eigenvalue weighted by Crippen LogP contribution is 2.33. The Morgan fingerprint density at radius 3 is 2.79 bits per heavy atom. The Morgan fingerprint density at radius 2 is 2.21 bits per heavy atom. The standard InChI is InChI=1S/C11H8ClN3O4/c12-6-4-7(13-5-6)11(17)14-10-8(15(18)19)2-1-3-9(10)16/h1-5,13,16H,(H,14,17). The fourth-order valence-electron chi connectivity index (χ4n) is 1.49. The van der Waals surface area contributed by atoms with E-state index in [1.54, 1.807) is 0 Å². The summed E-state index contributed by atoms with van der Waals surface area (Å²) in [5.74, 6) is -1.03. The number of rotatable bonds is 3. The van der Waals surface area contributed by atoms with E-state index in [4.69, 9.17) is 11.6 Å². The van der Waals surface area contributed by atoms with Gasteiger partial charge in [0.05, 0.1) is 9.95 Å². The molecule has 1 aromatic carbocycles. The molecule has 98 valence electrons. The summed E-state index contributed by atoms with van der Waals surface area (Å²) in [5.41, 5.74) is -0.531. The molecule has 0 unspecified atom stereocenters. The maximum Gasteiger partial charge on any atom is 0.296 e. The molecule has 0 spiro atoms. The van der Waals surface area contributed by atoms with E-state index in [9.17, 15) is 20.0 Å². The number of amides is 1. The van der Waals surface area contributed by atoms with Crippen molar-refractivity contribution in [2.24, 2.45) is 0 Å². The molecular weight excluding hydrogens is 274 g/mol. The second kappa shape index (κ2) is 4.99. The van der Waals surface area contributed by atoms with E-state index in [0.717, 1.165) is 0 Å². The fourth-order valence-corrected chi connectivity index (χ4v) is 1.65. The van der Waals surface area contributed by atoms with Crippen molar-refractivity contribution in [3.8, 4) is 5.75 Å². The number of hydrogen-bond donors (Lipinski definition) is 3. The number of nitrogens with zero attached hydrogens (tertiary/aromatic N) is 1. The Morgan fingerprint density at radius 1 is 1.47 bits per heavy atom. The molecule has 0 aliphatic rings. The number of nitrogens with one attached hydrogen (secondary N) is 2. The first kappa shape index (κ1) is 12.9. The number of aromatic hydroxyl groups is 1. The van der Waals surface area contributed by atoms with Crippen molar-refractivity contribution in [3.05, 3.63) is 51.3 Å². The molecule has 7 nitrogen and oxygen atoms in total. The maximum atomic E-state index is 11.8. The van der Waals surface area contributed by atoms with Crippen LogP contribution in [0.15, 0.2) is 30.5 Å². The molecule has 0 radical (unpaired) electrons. The molecule has 1 amide bonds. The van der Waals surface area contributed by atoms with Gasteiger partial charge in [0.15, 0.2) is 5.69 Å². The van der Waals surface area contributed by atoms with Crippen molar-refractivity contribution in [2.75, 3.05) is 5.32 Å². The van der Waals surface area contributed by atoms with Crippen LogP contribution in [0.2, 0.25) is 5.02 Å². The van der Waals surface area contributed by atoms with E-state index in [1.165, 1.54) is 30.5 Å². The number of nitro benzene ring substituents is 1. The molecule has 0 aliphatic carbocycles. The number of aromatic nitrogens is 1. The SMILES string of the molecule is O=C(Nc1c(O)cccc1[N+](=O)[O-])c1cc(Cl)c[nH]1. The monoisotopic (exact) mass is 281 g/mol. The number of carbonyl (C=O) groups is 1. The summed E-state index contributed by atoms with van der Waals surface area (Å²) < 4.78 is 0. The number of nitro groups is 1. The number of halogens is 1. The van der Waals surface area contributed by atoms with Crippen molar-refractivity contribution in [1.82, 2.24) is 4.98 Å². The molecule has 8 heteroatoms. The Hall–Kier alpha value is -2.54. The van der Waals surface area contributed by atoms with Gasteiger partial charge in [0, 0.05) is 12.3 Å². The van der Waals surface area contributed by atoms with Gasteiger partial charge in [0.25, 0.3) is 11.6 Å². The molecule has 2 aromatic rings. The van der Waals surface area contributed by atoms with Gasteiger partial charge in [-0.15, -0.1) is 0 Å². The zero-order valence-corrected chi connectivity index (χ0v) is 10.1. The topological polar surface area (TPSA) is 108 Å². The highest BCUT2D eigenvalue weighted by Gasteiger charge is 2.20. The third kappa shape index (κ3) is 2.66. The number of hydrogen-bond acceptors (Lipinski definition) is 4. The minimum absolute atomic E-state index is 0.127. The molecule has 1 aromatic heterocycles.